The summed E-state index contributed by atoms with van der Waals surface area (Å²) in [5.41, 5.74) is 1.13. The number of rotatable bonds is 5. The Bertz CT molecular complexity index is 566. The van der Waals surface area contributed by atoms with E-state index in [4.69, 9.17) is 0 Å². The minimum absolute atomic E-state index is 0.247. The average molecular weight is 310 g/mol. The number of hydrogen-bond acceptors (Lipinski definition) is 3. The Morgan fingerprint density at radius 2 is 1.81 bits per heavy atom. The fraction of sp³-hybridized carbons (Fsp3) is 0.625. The van der Waals surface area contributed by atoms with Gasteiger partial charge in [-0.05, 0) is 49.8 Å². The van der Waals surface area contributed by atoms with E-state index in [-0.39, 0.29) is 6.04 Å². The Morgan fingerprint density at radius 1 is 1.19 bits per heavy atom. The van der Waals surface area contributed by atoms with Gasteiger partial charge in [0.1, 0.15) is 0 Å². The summed E-state index contributed by atoms with van der Waals surface area (Å²) >= 11 is 0. The monoisotopic (exact) mass is 310 g/mol. The van der Waals surface area contributed by atoms with E-state index in [1.54, 1.807) is 26.2 Å². The molecule has 2 rings (SSSR count). The number of sulfonamides is 1. The highest BCUT2D eigenvalue weighted by molar-refractivity contribution is 7.89. The van der Waals surface area contributed by atoms with Crippen molar-refractivity contribution in [3.8, 4) is 0 Å². The molecular weight excluding hydrogens is 284 g/mol. The highest BCUT2D eigenvalue weighted by Gasteiger charge is 2.23. The van der Waals surface area contributed by atoms with Crippen LogP contribution in [0, 0.1) is 5.92 Å². The summed E-state index contributed by atoms with van der Waals surface area (Å²) in [5.74, 6) is 0.808. The first-order chi connectivity index (χ1) is 9.80. The highest BCUT2D eigenvalue weighted by Crippen LogP contribution is 2.27. The van der Waals surface area contributed by atoms with Gasteiger partial charge in [0.2, 0.25) is 10.0 Å². The van der Waals surface area contributed by atoms with E-state index in [9.17, 15) is 8.42 Å². The van der Waals surface area contributed by atoms with Crippen LogP contribution < -0.4 is 5.32 Å². The predicted molar refractivity (Wildman–Crippen MR) is 85.7 cm³/mol. The number of nitrogens with one attached hydrogen (secondary N) is 1. The van der Waals surface area contributed by atoms with Crippen LogP contribution >= 0.6 is 0 Å². The van der Waals surface area contributed by atoms with Gasteiger partial charge in [0, 0.05) is 26.2 Å². The molecule has 1 aliphatic rings. The third kappa shape index (κ3) is 3.84. The topological polar surface area (TPSA) is 49.4 Å². The van der Waals surface area contributed by atoms with Gasteiger partial charge >= 0.3 is 0 Å². The van der Waals surface area contributed by atoms with E-state index in [0.29, 0.717) is 10.9 Å². The van der Waals surface area contributed by atoms with Crippen molar-refractivity contribution >= 4 is 10.0 Å². The molecule has 0 aromatic heterocycles. The van der Waals surface area contributed by atoms with Crippen molar-refractivity contribution in [3.63, 3.8) is 0 Å². The average Bonchev–Trinajstić information content (AvgIpc) is 2.84. The minimum atomic E-state index is -3.34. The molecule has 0 aliphatic heterocycles. The summed E-state index contributed by atoms with van der Waals surface area (Å²) in [7, 11) is -0.236. The molecule has 0 radical (unpaired) electrons. The standard InChI is InChI=1S/C16H26N2O2S/c1-12-5-8-15(11-12)17-13(2)14-6-9-16(10-7-14)21(19,20)18(3)4/h6-7,9-10,12-13,15,17H,5,8,11H2,1-4H3. The Kier molecular flexibility index (Phi) is 5.07. The molecule has 5 heteroatoms. The van der Waals surface area contributed by atoms with Crippen LogP contribution in [0.5, 0.6) is 0 Å². The van der Waals surface area contributed by atoms with Gasteiger partial charge in [0.25, 0.3) is 0 Å². The predicted octanol–water partition coefficient (Wildman–Crippen LogP) is 2.78. The Hall–Kier alpha value is -0.910. The van der Waals surface area contributed by atoms with Gasteiger partial charge < -0.3 is 5.32 Å². The first-order valence-electron chi connectivity index (χ1n) is 7.59. The lowest BCUT2D eigenvalue weighted by molar-refractivity contribution is 0.449. The van der Waals surface area contributed by atoms with Gasteiger partial charge in [-0.25, -0.2) is 12.7 Å². The Labute approximate surface area is 128 Å². The minimum Gasteiger partial charge on any atom is -0.307 e. The smallest absolute Gasteiger partial charge is 0.242 e. The molecule has 0 amide bonds. The zero-order valence-corrected chi connectivity index (χ0v) is 14.2. The second-order valence-electron chi connectivity index (χ2n) is 6.36. The van der Waals surface area contributed by atoms with Gasteiger partial charge in [-0.2, -0.15) is 0 Å². The molecular formula is C16H26N2O2S. The van der Waals surface area contributed by atoms with Crippen LogP contribution in [0.2, 0.25) is 0 Å². The van der Waals surface area contributed by atoms with Crippen molar-refractivity contribution in [2.75, 3.05) is 14.1 Å². The van der Waals surface area contributed by atoms with E-state index in [2.05, 4.69) is 19.2 Å². The molecule has 0 spiro atoms. The second kappa shape index (κ2) is 6.46. The lowest BCUT2D eigenvalue weighted by Gasteiger charge is -2.20. The molecule has 1 N–H and O–H groups in total. The molecule has 118 valence electrons. The molecule has 4 nitrogen and oxygen atoms in total. The van der Waals surface area contributed by atoms with Crippen molar-refractivity contribution in [1.29, 1.82) is 0 Å². The van der Waals surface area contributed by atoms with Crippen molar-refractivity contribution in [1.82, 2.24) is 9.62 Å². The molecule has 21 heavy (non-hydrogen) atoms. The second-order valence-corrected chi connectivity index (χ2v) is 8.51. The zero-order chi connectivity index (χ0) is 15.6. The van der Waals surface area contributed by atoms with Crippen molar-refractivity contribution < 1.29 is 8.42 Å². The van der Waals surface area contributed by atoms with Crippen molar-refractivity contribution in [2.24, 2.45) is 5.92 Å². The van der Waals surface area contributed by atoms with Crippen LogP contribution in [0.1, 0.15) is 44.7 Å². The number of hydrogen-bond donors (Lipinski definition) is 1. The highest BCUT2D eigenvalue weighted by atomic mass is 32.2. The van der Waals surface area contributed by atoms with Crippen LogP contribution in [0.25, 0.3) is 0 Å². The molecule has 1 aromatic carbocycles. The lowest BCUT2D eigenvalue weighted by Crippen LogP contribution is -2.29. The number of nitrogens with zero attached hydrogens (tertiary/aromatic N) is 1. The van der Waals surface area contributed by atoms with Crippen LogP contribution in [-0.4, -0.2) is 32.9 Å². The van der Waals surface area contributed by atoms with Gasteiger partial charge in [-0.15, -0.1) is 0 Å². The number of benzene rings is 1. The largest absolute Gasteiger partial charge is 0.307 e. The summed E-state index contributed by atoms with van der Waals surface area (Å²) < 4.78 is 25.3. The quantitative estimate of drug-likeness (QED) is 0.910. The molecule has 0 heterocycles. The van der Waals surface area contributed by atoms with E-state index < -0.39 is 10.0 Å². The first-order valence-corrected chi connectivity index (χ1v) is 9.03. The zero-order valence-electron chi connectivity index (χ0n) is 13.3. The molecule has 0 bridgehead atoms. The van der Waals surface area contributed by atoms with E-state index in [1.165, 1.54) is 23.6 Å². The normalized spacial score (nSPS) is 24.4. The molecule has 1 aliphatic carbocycles. The van der Waals surface area contributed by atoms with Crippen LogP contribution in [-0.2, 0) is 10.0 Å². The molecule has 0 saturated heterocycles. The Balaban J connectivity index is 2.05. The maximum absolute atomic E-state index is 12.0. The summed E-state index contributed by atoms with van der Waals surface area (Å²) in [4.78, 5) is 0.345. The van der Waals surface area contributed by atoms with Crippen molar-refractivity contribution in [2.45, 2.75) is 50.1 Å². The lowest BCUT2D eigenvalue weighted by atomic mass is 10.1. The maximum atomic E-state index is 12.0. The molecule has 1 fully saturated rings. The first kappa shape index (κ1) is 16.5. The third-order valence-corrected chi connectivity index (χ3v) is 6.17. The summed E-state index contributed by atoms with van der Waals surface area (Å²) in [6.45, 7) is 4.44. The summed E-state index contributed by atoms with van der Waals surface area (Å²) in [5, 5.41) is 3.65. The van der Waals surface area contributed by atoms with Gasteiger partial charge in [-0.1, -0.05) is 19.1 Å². The van der Waals surface area contributed by atoms with Crippen LogP contribution in [0.4, 0.5) is 0 Å². The summed E-state index contributed by atoms with van der Waals surface area (Å²) in [6, 6.07) is 8.04. The van der Waals surface area contributed by atoms with E-state index in [0.717, 1.165) is 11.5 Å². The molecule has 3 atom stereocenters. The maximum Gasteiger partial charge on any atom is 0.242 e. The van der Waals surface area contributed by atoms with Crippen LogP contribution in [0.15, 0.2) is 29.2 Å². The fourth-order valence-electron chi connectivity index (χ4n) is 2.95. The molecule has 3 unspecified atom stereocenters. The Morgan fingerprint density at radius 3 is 2.29 bits per heavy atom. The van der Waals surface area contributed by atoms with Gasteiger partial charge in [0.15, 0.2) is 0 Å². The fourth-order valence-corrected chi connectivity index (χ4v) is 3.85. The van der Waals surface area contributed by atoms with Crippen molar-refractivity contribution in [3.05, 3.63) is 29.8 Å². The van der Waals surface area contributed by atoms with Gasteiger partial charge in [0.05, 0.1) is 4.90 Å². The van der Waals surface area contributed by atoms with E-state index >= 15 is 0 Å². The SMILES string of the molecule is CC1CCC(NC(C)c2ccc(S(=O)(=O)N(C)C)cc2)C1. The molecule has 1 saturated carbocycles. The van der Waals surface area contributed by atoms with E-state index in [1.807, 2.05) is 12.1 Å². The third-order valence-electron chi connectivity index (χ3n) is 4.34. The van der Waals surface area contributed by atoms with Gasteiger partial charge in [-0.3, -0.25) is 0 Å². The van der Waals surface area contributed by atoms with Crippen LogP contribution in [0.3, 0.4) is 0 Å². The molecule has 1 aromatic rings. The summed E-state index contributed by atoms with van der Waals surface area (Å²) in [6.07, 6.45) is 3.76.